The number of rotatable bonds is 5. The zero-order valence-electron chi connectivity index (χ0n) is 12.7. The molecule has 0 bridgehead atoms. The van der Waals surface area contributed by atoms with Crippen LogP contribution in [-0.4, -0.2) is 31.5 Å². The monoisotopic (exact) mass is 291 g/mol. The highest BCUT2D eigenvalue weighted by atomic mass is 16.5. The first-order valence-corrected chi connectivity index (χ1v) is 8.00. The SMILES string of the molecule is COc1ccc2c(c1)[C@H]1OCCC[C@H]1[C@@H](CCCCO)N2. The maximum atomic E-state index is 8.98. The summed E-state index contributed by atoms with van der Waals surface area (Å²) >= 11 is 0. The third kappa shape index (κ3) is 3.01. The van der Waals surface area contributed by atoms with Crippen LogP contribution >= 0.6 is 0 Å². The molecule has 2 heterocycles. The number of benzene rings is 1. The molecule has 0 amide bonds. The van der Waals surface area contributed by atoms with E-state index in [2.05, 4.69) is 17.4 Å². The molecule has 116 valence electrons. The first kappa shape index (κ1) is 14.7. The summed E-state index contributed by atoms with van der Waals surface area (Å²) in [4.78, 5) is 0. The number of methoxy groups -OCH3 is 1. The van der Waals surface area contributed by atoms with E-state index in [1.54, 1.807) is 7.11 Å². The lowest BCUT2D eigenvalue weighted by Gasteiger charge is -2.43. The summed E-state index contributed by atoms with van der Waals surface area (Å²) < 4.78 is 11.5. The van der Waals surface area contributed by atoms with E-state index in [1.807, 2.05) is 6.07 Å². The van der Waals surface area contributed by atoms with Crippen LogP contribution in [0.5, 0.6) is 5.75 Å². The molecule has 0 radical (unpaired) electrons. The van der Waals surface area contributed by atoms with E-state index >= 15 is 0 Å². The zero-order chi connectivity index (χ0) is 14.7. The van der Waals surface area contributed by atoms with Crippen molar-refractivity contribution in [2.24, 2.45) is 5.92 Å². The Balaban J connectivity index is 1.83. The van der Waals surface area contributed by atoms with Gasteiger partial charge in [-0.1, -0.05) is 0 Å². The van der Waals surface area contributed by atoms with Crippen molar-refractivity contribution in [2.75, 3.05) is 25.6 Å². The quantitative estimate of drug-likeness (QED) is 0.818. The first-order valence-electron chi connectivity index (χ1n) is 8.00. The lowest BCUT2D eigenvalue weighted by Crippen LogP contribution is -2.41. The van der Waals surface area contributed by atoms with Crippen LogP contribution in [0.2, 0.25) is 0 Å². The van der Waals surface area contributed by atoms with Gasteiger partial charge in [-0.15, -0.1) is 0 Å². The predicted octanol–water partition coefficient (Wildman–Crippen LogP) is 3.12. The summed E-state index contributed by atoms with van der Waals surface area (Å²) in [5, 5.41) is 12.7. The number of anilines is 1. The molecule has 1 saturated heterocycles. The average molecular weight is 291 g/mol. The second-order valence-electron chi connectivity index (χ2n) is 6.02. The zero-order valence-corrected chi connectivity index (χ0v) is 12.7. The van der Waals surface area contributed by atoms with Crippen molar-refractivity contribution >= 4 is 5.69 Å². The minimum absolute atomic E-state index is 0.184. The number of aliphatic hydroxyl groups excluding tert-OH is 1. The number of aliphatic hydroxyl groups is 1. The molecule has 1 aromatic rings. The van der Waals surface area contributed by atoms with E-state index in [-0.39, 0.29) is 12.7 Å². The summed E-state index contributed by atoms with van der Waals surface area (Å²) in [6, 6.07) is 6.65. The van der Waals surface area contributed by atoms with E-state index in [9.17, 15) is 0 Å². The molecular weight excluding hydrogens is 266 g/mol. The van der Waals surface area contributed by atoms with Gasteiger partial charge in [0.15, 0.2) is 0 Å². The summed E-state index contributed by atoms with van der Waals surface area (Å²) in [7, 11) is 1.70. The molecule has 1 fully saturated rings. The van der Waals surface area contributed by atoms with Gasteiger partial charge in [-0.05, 0) is 50.3 Å². The van der Waals surface area contributed by atoms with E-state index in [0.29, 0.717) is 12.0 Å². The van der Waals surface area contributed by atoms with Crippen LogP contribution in [-0.2, 0) is 4.74 Å². The number of hydrogen-bond donors (Lipinski definition) is 2. The average Bonchev–Trinajstić information content (AvgIpc) is 2.55. The largest absolute Gasteiger partial charge is 0.497 e. The normalized spacial score (nSPS) is 27.4. The van der Waals surface area contributed by atoms with Crippen molar-refractivity contribution in [3.05, 3.63) is 23.8 Å². The van der Waals surface area contributed by atoms with Gasteiger partial charge in [-0.3, -0.25) is 0 Å². The second kappa shape index (κ2) is 6.67. The third-order valence-electron chi connectivity index (χ3n) is 4.71. The molecule has 4 heteroatoms. The smallest absolute Gasteiger partial charge is 0.119 e. The van der Waals surface area contributed by atoms with Gasteiger partial charge in [0.05, 0.1) is 13.2 Å². The van der Waals surface area contributed by atoms with Gasteiger partial charge in [-0.25, -0.2) is 0 Å². The molecule has 0 aromatic heterocycles. The van der Waals surface area contributed by atoms with E-state index in [4.69, 9.17) is 14.6 Å². The topological polar surface area (TPSA) is 50.7 Å². The van der Waals surface area contributed by atoms with Crippen LogP contribution in [0, 0.1) is 5.92 Å². The number of ether oxygens (including phenoxy) is 2. The Morgan fingerprint density at radius 3 is 3.10 bits per heavy atom. The lowest BCUT2D eigenvalue weighted by atomic mass is 9.78. The second-order valence-corrected chi connectivity index (χ2v) is 6.02. The van der Waals surface area contributed by atoms with Gasteiger partial charge in [0.25, 0.3) is 0 Å². The molecule has 0 spiro atoms. The molecule has 0 aliphatic carbocycles. The number of nitrogens with one attached hydrogen (secondary N) is 1. The molecule has 2 aliphatic heterocycles. The van der Waals surface area contributed by atoms with Crippen molar-refractivity contribution in [1.82, 2.24) is 0 Å². The molecule has 3 rings (SSSR count). The van der Waals surface area contributed by atoms with Crippen LogP contribution in [0.15, 0.2) is 18.2 Å². The number of unbranched alkanes of at least 4 members (excludes halogenated alkanes) is 1. The predicted molar refractivity (Wildman–Crippen MR) is 82.8 cm³/mol. The number of fused-ring (bicyclic) bond motifs is 3. The fourth-order valence-corrected chi connectivity index (χ4v) is 3.64. The molecule has 3 atom stereocenters. The Labute approximate surface area is 126 Å². The number of hydrogen-bond acceptors (Lipinski definition) is 4. The molecule has 0 saturated carbocycles. The molecule has 21 heavy (non-hydrogen) atoms. The summed E-state index contributed by atoms with van der Waals surface area (Å²) in [5.41, 5.74) is 2.41. The highest BCUT2D eigenvalue weighted by molar-refractivity contribution is 5.58. The summed E-state index contributed by atoms with van der Waals surface area (Å²) in [6.45, 7) is 1.13. The third-order valence-corrected chi connectivity index (χ3v) is 4.71. The Hall–Kier alpha value is -1.26. The minimum Gasteiger partial charge on any atom is -0.497 e. The fourth-order valence-electron chi connectivity index (χ4n) is 3.64. The lowest BCUT2D eigenvalue weighted by molar-refractivity contribution is -0.0388. The van der Waals surface area contributed by atoms with Crippen molar-refractivity contribution < 1.29 is 14.6 Å². The van der Waals surface area contributed by atoms with Gasteiger partial charge in [-0.2, -0.15) is 0 Å². The van der Waals surface area contributed by atoms with Gasteiger partial charge in [0, 0.05) is 36.4 Å². The Kier molecular flexibility index (Phi) is 4.66. The van der Waals surface area contributed by atoms with E-state index in [1.165, 1.54) is 17.7 Å². The maximum absolute atomic E-state index is 8.98. The van der Waals surface area contributed by atoms with Crippen LogP contribution in [0.25, 0.3) is 0 Å². The molecule has 0 unspecified atom stereocenters. The Bertz CT molecular complexity index is 477. The first-order chi connectivity index (χ1) is 10.3. The van der Waals surface area contributed by atoms with E-state index in [0.717, 1.165) is 38.0 Å². The van der Waals surface area contributed by atoms with Gasteiger partial charge >= 0.3 is 0 Å². The molecular formula is C17H25NO3. The highest BCUT2D eigenvalue weighted by Gasteiger charge is 2.38. The van der Waals surface area contributed by atoms with Gasteiger partial charge in [0.1, 0.15) is 5.75 Å². The summed E-state index contributed by atoms with van der Waals surface area (Å²) in [6.07, 6.45) is 5.56. The van der Waals surface area contributed by atoms with Crippen molar-refractivity contribution in [1.29, 1.82) is 0 Å². The summed E-state index contributed by atoms with van der Waals surface area (Å²) in [5.74, 6) is 1.42. The molecule has 1 aromatic carbocycles. The van der Waals surface area contributed by atoms with Crippen LogP contribution in [0.3, 0.4) is 0 Å². The minimum atomic E-state index is 0.184. The Morgan fingerprint density at radius 2 is 2.29 bits per heavy atom. The van der Waals surface area contributed by atoms with Crippen LogP contribution in [0.1, 0.15) is 43.8 Å². The van der Waals surface area contributed by atoms with Crippen molar-refractivity contribution in [3.63, 3.8) is 0 Å². The van der Waals surface area contributed by atoms with E-state index < -0.39 is 0 Å². The molecule has 2 aliphatic rings. The standard InChI is InChI=1S/C17H25NO3/c1-20-12-7-8-16-14(11-12)17-13(5-4-10-21-17)15(18-16)6-2-3-9-19/h7-8,11,13,15,17-19H,2-6,9-10H2,1H3/t13-,15+,17-/m0/s1. The fraction of sp³-hybridized carbons (Fsp3) is 0.647. The van der Waals surface area contributed by atoms with Crippen LogP contribution in [0.4, 0.5) is 5.69 Å². The molecule has 4 nitrogen and oxygen atoms in total. The van der Waals surface area contributed by atoms with Gasteiger partial charge in [0.2, 0.25) is 0 Å². The molecule has 2 N–H and O–H groups in total. The van der Waals surface area contributed by atoms with Crippen molar-refractivity contribution in [2.45, 2.75) is 44.2 Å². The highest BCUT2D eigenvalue weighted by Crippen LogP contribution is 2.45. The van der Waals surface area contributed by atoms with Crippen molar-refractivity contribution in [3.8, 4) is 5.75 Å². The Morgan fingerprint density at radius 1 is 1.38 bits per heavy atom. The van der Waals surface area contributed by atoms with Crippen LogP contribution < -0.4 is 10.1 Å². The van der Waals surface area contributed by atoms with Gasteiger partial charge < -0.3 is 19.9 Å². The maximum Gasteiger partial charge on any atom is 0.119 e.